The van der Waals surface area contributed by atoms with Gasteiger partial charge in [-0.1, -0.05) is 11.6 Å². The molecule has 1 unspecified atom stereocenters. The van der Waals surface area contributed by atoms with Gasteiger partial charge in [-0.25, -0.2) is 4.98 Å². The van der Waals surface area contributed by atoms with Gasteiger partial charge in [0.15, 0.2) is 5.78 Å². The van der Waals surface area contributed by atoms with Crippen LogP contribution in [-0.4, -0.2) is 21.9 Å². The van der Waals surface area contributed by atoms with Gasteiger partial charge in [-0.3, -0.25) is 4.79 Å². The Hall–Kier alpha value is -1.82. The number of fused-ring (bicyclic) bond motifs is 5. The molecule has 2 aromatic rings. The summed E-state index contributed by atoms with van der Waals surface area (Å²) in [5.74, 6) is -1.11. The summed E-state index contributed by atoms with van der Waals surface area (Å²) < 4.78 is 40.0. The lowest BCUT2D eigenvalue weighted by molar-refractivity contribution is -0.129. The third-order valence-corrected chi connectivity index (χ3v) is 4.75. The van der Waals surface area contributed by atoms with Crippen LogP contribution in [0.2, 0.25) is 5.02 Å². The fourth-order valence-electron chi connectivity index (χ4n) is 3.62. The molecule has 2 aliphatic carbocycles. The number of Topliss-reactive ketones (excluding diaryl/α,β-unsaturated/α-hetero) is 1. The summed E-state index contributed by atoms with van der Waals surface area (Å²) in [7, 11) is 0. The van der Waals surface area contributed by atoms with Crippen molar-refractivity contribution in [2.45, 2.75) is 25.4 Å². The van der Waals surface area contributed by atoms with Gasteiger partial charge in [0.1, 0.15) is 11.1 Å². The molecule has 1 aromatic heterocycles. The topological polar surface area (TPSA) is 45.8 Å². The first kappa shape index (κ1) is 13.8. The molecule has 1 heterocycles. The van der Waals surface area contributed by atoms with Crippen LogP contribution >= 0.6 is 11.6 Å². The first-order valence-electron chi connectivity index (χ1n) is 6.87. The smallest absolute Gasteiger partial charge is 0.344 e. The molecule has 1 aromatic carbocycles. The Morgan fingerprint density at radius 2 is 2.14 bits per heavy atom. The van der Waals surface area contributed by atoms with Crippen molar-refractivity contribution in [2.75, 3.05) is 0 Å². The summed E-state index contributed by atoms with van der Waals surface area (Å²) in [5, 5.41) is 0.294. The van der Waals surface area contributed by atoms with E-state index in [0.717, 1.165) is 5.56 Å². The number of carbonyl (C=O) groups excluding carboxylic acids is 1. The molecule has 3 nitrogen and oxygen atoms in total. The van der Waals surface area contributed by atoms with Crippen molar-refractivity contribution >= 4 is 34.0 Å². The summed E-state index contributed by atoms with van der Waals surface area (Å²) in [5.41, 5.74) is 1.54. The van der Waals surface area contributed by atoms with Crippen molar-refractivity contribution < 1.29 is 18.0 Å². The first-order valence-corrected chi connectivity index (χ1v) is 7.25. The lowest BCUT2D eigenvalue weighted by Crippen LogP contribution is -2.27. The number of hydrogen-bond acceptors (Lipinski definition) is 2. The minimum absolute atomic E-state index is 0.0587. The van der Waals surface area contributed by atoms with Crippen LogP contribution in [0.25, 0.3) is 16.6 Å². The van der Waals surface area contributed by atoms with Crippen LogP contribution in [-0.2, 0) is 11.2 Å². The highest BCUT2D eigenvalue weighted by atomic mass is 35.5. The van der Waals surface area contributed by atoms with Crippen LogP contribution < -0.4 is 0 Å². The van der Waals surface area contributed by atoms with E-state index in [1.165, 1.54) is 12.4 Å². The maximum atomic E-state index is 13.3. The zero-order valence-electron chi connectivity index (χ0n) is 11.2. The molecule has 1 N–H and O–H groups in total. The third kappa shape index (κ3) is 1.76. The lowest BCUT2D eigenvalue weighted by Gasteiger charge is -2.24. The Balaban J connectivity index is 2.08. The maximum absolute atomic E-state index is 13.3. The minimum atomic E-state index is -4.64. The van der Waals surface area contributed by atoms with Crippen LogP contribution in [0, 0.1) is 5.92 Å². The van der Waals surface area contributed by atoms with Crippen LogP contribution in [0.15, 0.2) is 18.0 Å². The van der Waals surface area contributed by atoms with Gasteiger partial charge >= 0.3 is 6.18 Å². The van der Waals surface area contributed by atoms with E-state index in [-0.39, 0.29) is 17.9 Å². The average Bonchev–Trinajstić information content (AvgIpc) is 3.02. The summed E-state index contributed by atoms with van der Waals surface area (Å²) in [4.78, 5) is 18.9. The van der Waals surface area contributed by atoms with E-state index in [1.807, 2.05) is 0 Å². The number of ketones is 1. The second-order valence-corrected chi connectivity index (χ2v) is 6.07. The van der Waals surface area contributed by atoms with Crippen molar-refractivity contribution in [3.05, 3.63) is 34.1 Å². The number of hydrogen-bond donors (Lipinski definition) is 1. The molecule has 0 aliphatic heterocycles. The van der Waals surface area contributed by atoms with Crippen LogP contribution in [0.5, 0.6) is 0 Å². The Kier molecular flexibility index (Phi) is 2.73. The average molecular weight is 327 g/mol. The van der Waals surface area contributed by atoms with Gasteiger partial charge in [0.25, 0.3) is 0 Å². The van der Waals surface area contributed by atoms with E-state index in [0.29, 0.717) is 34.5 Å². The predicted octanol–water partition coefficient (Wildman–Crippen LogP) is 4.07. The first-order chi connectivity index (χ1) is 10.4. The van der Waals surface area contributed by atoms with Gasteiger partial charge in [-0.2, -0.15) is 13.2 Å². The van der Waals surface area contributed by atoms with E-state index < -0.39 is 17.5 Å². The van der Waals surface area contributed by atoms with Crippen LogP contribution in [0.3, 0.4) is 0 Å². The molecule has 0 amide bonds. The molecule has 0 fully saturated rings. The standard InChI is InChI=1S/C15H10ClF3N2O/c16-9-4-7-8(13-14(9)21-5-20-13)3-6-1-2-10(22)12(11(6)7)15(17,18)19/h4-6H,1-3H2,(H,20,21). The molecule has 0 saturated carbocycles. The summed E-state index contributed by atoms with van der Waals surface area (Å²) in [6.07, 6.45) is -2.30. The monoisotopic (exact) mass is 326 g/mol. The highest BCUT2D eigenvalue weighted by Crippen LogP contribution is 2.50. The van der Waals surface area contributed by atoms with Gasteiger partial charge in [0, 0.05) is 6.42 Å². The number of alkyl halides is 3. The van der Waals surface area contributed by atoms with Crippen LogP contribution in [0.4, 0.5) is 13.2 Å². The zero-order valence-corrected chi connectivity index (χ0v) is 12.0. The number of benzene rings is 1. The number of nitrogens with one attached hydrogen (secondary N) is 1. The number of H-pyrrole nitrogens is 1. The summed E-state index contributed by atoms with van der Waals surface area (Å²) in [6, 6.07) is 1.51. The van der Waals surface area contributed by atoms with Crippen molar-refractivity contribution in [2.24, 2.45) is 5.92 Å². The maximum Gasteiger partial charge on any atom is 0.420 e. The molecule has 7 heteroatoms. The Morgan fingerprint density at radius 1 is 1.36 bits per heavy atom. The predicted molar refractivity (Wildman–Crippen MR) is 75.5 cm³/mol. The van der Waals surface area contributed by atoms with E-state index in [2.05, 4.69) is 9.97 Å². The molecule has 1 atom stereocenters. The highest BCUT2D eigenvalue weighted by Gasteiger charge is 2.47. The summed E-state index contributed by atoms with van der Waals surface area (Å²) in [6.45, 7) is 0. The fraction of sp³-hybridized carbons (Fsp3) is 0.333. The molecular formula is C15H10ClF3N2O. The number of nitrogens with zero attached hydrogens (tertiary/aromatic N) is 1. The van der Waals surface area contributed by atoms with Gasteiger partial charge in [0.2, 0.25) is 0 Å². The number of aromatic nitrogens is 2. The normalized spacial score (nSPS) is 21.5. The Bertz CT molecular complexity index is 850. The van der Waals surface area contributed by atoms with Gasteiger partial charge < -0.3 is 4.98 Å². The number of carbonyl (C=O) groups is 1. The lowest BCUT2D eigenvalue weighted by atomic mass is 9.82. The number of allylic oxidation sites excluding steroid dienone is 2. The van der Waals surface area contributed by atoms with E-state index >= 15 is 0 Å². The van der Waals surface area contributed by atoms with Gasteiger partial charge in [0.05, 0.1) is 16.9 Å². The van der Waals surface area contributed by atoms with Crippen molar-refractivity contribution in [1.82, 2.24) is 9.97 Å². The fourth-order valence-corrected chi connectivity index (χ4v) is 3.87. The molecule has 22 heavy (non-hydrogen) atoms. The highest BCUT2D eigenvalue weighted by molar-refractivity contribution is 6.35. The molecule has 4 rings (SSSR count). The Labute approximate surface area is 128 Å². The number of aromatic amines is 1. The van der Waals surface area contributed by atoms with E-state index in [9.17, 15) is 18.0 Å². The second-order valence-electron chi connectivity index (χ2n) is 5.66. The second kappa shape index (κ2) is 4.35. The summed E-state index contributed by atoms with van der Waals surface area (Å²) >= 11 is 6.14. The van der Waals surface area contributed by atoms with Gasteiger partial charge in [-0.05, 0) is 41.5 Å². The molecule has 0 spiro atoms. The molecule has 0 bridgehead atoms. The zero-order chi connectivity index (χ0) is 15.6. The molecule has 114 valence electrons. The third-order valence-electron chi connectivity index (χ3n) is 4.46. The number of rotatable bonds is 0. The molecule has 0 saturated heterocycles. The molecule has 0 radical (unpaired) electrons. The SMILES string of the molecule is O=C1CCC2Cc3c(cc(Cl)c4nc[nH]c34)C2=C1C(F)(F)F. The molecule has 2 aliphatic rings. The van der Waals surface area contributed by atoms with E-state index in [4.69, 9.17) is 11.6 Å². The minimum Gasteiger partial charge on any atom is -0.344 e. The van der Waals surface area contributed by atoms with Gasteiger partial charge in [-0.15, -0.1) is 0 Å². The Morgan fingerprint density at radius 3 is 2.86 bits per heavy atom. The largest absolute Gasteiger partial charge is 0.420 e. The van der Waals surface area contributed by atoms with Crippen molar-refractivity contribution in [3.8, 4) is 0 Å². The number of imidazole rings is 1. The number of halogens is 4. The quantitative estimate of drug-likeness (QED) is 0.793. The van der Waals surface area contributed by atoms with Crippen molar-refractivity contribution in [3.63, 3.8) is 0 Å². The van der Waals surface area contributed by atoms with Crippen LogP contribution in [0.1, 0.15) is 24.0 Å². The molecular weight excluding hydrogens is 317 g/mol. The van der Waals surface area contributed by atoms with E-state index in [1.54, 1.807) is 0 Å². The van der Waals surface area contributed by atoms with Crippen molar-refractivity contribution in [1.29, 1.82) is 0 Å².